The van der Waals surface area contributed by atoms with Gasteiger partial charge in [-0.05, 0) is 11.1 Å². The summed E-state index contributed by atoms with van der Waals surface area (Å²) in [6.07, 6.45) is -11.8. The molecule has 152 valence electrons. The number of hydrogen-bond donors (Lipinski definition) is 2. The van der Waals surface area contributed by atoms with E-state index in [1.807, 2.05) is 37.3 Å². The fourth-order valence-electron chi connectivity index (χ4n) is 3.88. The first-order valence-corrected chi connectivity index (χ1v) is 8.64. The minimum absolute atomic E-state index is 0.145. The van der Waals surface area contributed by atoms with Gasteiger partial charge in [0.1, 0.15) is 0 Å². The molecule has 1 heterocycles. The number of nitrogens with one attached hydrogen (secondary N) is 1. The Morgan fingerprint density at radius 2 is 1.43 bits per heavy atom. The summed E-state index contributed by atoms with van der Waals surface area (Å²) in [6.45, 7) is 3.16. The van der Waals surface area contributed by atoms with Crippen LogP contribution in [0.1, 0.15) is 29.5 Å². The summed E-state index contributed by atoms with van der Waals surface area (Å²) in [5.74, 6) is -0.145. The van der Waals surface area contributed by atoms with Gasteiger partial charge in [0.25, 0.3) is 5.60 Å². The lowest BCUT2D eigenvalue weighted by molar-refractivity contribution is -0.376. The van der Waals surface area contributed by atoms with E-state index in [0.29, 0.717) is 30.8 Å². The summed E-state index contributed by atoms with van der Waals surface area (Å²) >= 11 is 0. The second kappa shape index (κ2) is 6.77. The lowest BCUT2D eigenvalue weighted by Gasteiger charge is -2.34. The molecule has 28 heavy (non-hydrogen) atoms. The predicted molar refractivity (Wildman–Crippen MR) is 91.9 cm³/mol. The highest BCUT2D eigenvalue weighted by molar-refractivity contribution is 5.38. The number of rotatable bonds is 3. The molecule has 0 saturated carbocycles. The molecule has 0 radical (unpaired) electrons. The summed E-state index contributed by atoms with van der Waals surface area (Å²) < 4.78 is 78.3. The average molecular weight is 403 g/mol. The largest absolute Gasteiger partial charge is 0.430 e. The molecule has 2 aromatic rings. The van der Waals surface area contributed by atoms with Crippen molar-refractivity contribution in [3.8, 4) is 0 Å². The van der Waals surface area contributed by atoms with Crippen molar-refractivity contribution in [3.63, 3.8) is 0 Å². The van der Waals surface area contributed by atoms with Crippen molar-refractivity contribution in [1.29, 1.82) is 0 Å². The van der Waals surface area contributed by atoms with E-state index in [9.17, 15) is 31.4 Å². The Hall–Kier alpha value is -2.06. The van der Waals surface area contributed by atoms with Gasteiger partial charge in [0.05, 0.1) is 0 Å². The molecule has 0 amide bonds. The number of alkyl halides is 6. The standard InChI is InChI=1S/C20H19F6NO/c1-17(14-5-3-2-4-6-14)12-27-11-16(17)13-7-9-15(10-8-13)18(28,19(21,22)23)20(24,25)26/h2-10,16,27-28H,11-12H2,1H3/t16-,17+/m1/s1. The molecule has 3 rings (SSSR count). The topological polar surface area (TPSA) is 32.3 Å². The van der Waals surface area contributed by atoms with Gasteiger partial charge in [0, 0.05) is 30.0 Å². The minimum Gasteiger partial charge on any atom is -0.369 e. The van der Waals surface area contributed by atoms with Crippen molar-refractivity contribution >= 4 is 0 Å². The minimum atomic E-state index is -5.89. The van der Waals surface area contributed by atoms with E-state index in [1.54, 1.807) is 0 Å². The molecule has 0 aromatic heterocycles. The molecule has 2 atom stereocenters. The monoisotopic (exact) mass is 403 g/mol. The Kier molecular flexibility index (Phi) is 5.00. The first kappa shape index (κ1) is 20.7. The molecule has 0 aliphatic carbocycles. The first-order chi connectivity index (χ1) is 12.9. The highest BCUT2D eigenvalue weighted by atomic mass is 19.4. The van der Waals surface area contributed by atoms with Crippen LogP contribution in [0.4, 0.5) is 26.3 Å². The molecule has 1 saturated heterocycles. The Bertz CT molecular complexity index is 801. The lowest BCUT2D eigenvalue weighted by atomic mass is 9.71. The van der Waals surface area contributed by atoms with Crippen LogP contribution >= 0.6 is 0 Å². The van der Waals surface area contributed by atoms with Crippen LogP contribution in [0.3, 0.4) is 0 Å². The van der Waals surface area contributed by atoms with E-state index in [4.69, 9.17) is 0 Å². The van der Waals surface area contributed by atoms with Crippen LogP contribution < -0.4 is 5.32 Å². The third kappa shape index (κ3) is 3.18. The second-order valence-electron chi connectivity index (χ2n) is 7.29. The molecule has 1 aliphatic rings. The third-order valence-corrected chi connectivity index (χ3v) is 5.59. The molecule has 8 heteroatoms. The average Bonchev–Trinajstić information content (AvgIpc) is 3.03. The summed E-state index contributed by atoms with van der Waals surface area (Å²) in [4.78, 5) is 0. The highest BCUT2D eigenvalue weighted by Crippen LogP contribution is 2.50. The van der Waals surface area contributed by atoms with E-state index in [0.717, 1.165) is 5.56 Å². The molecule has 2 N–H and O–H groups in total. The molecular formula is C20H19F6NO. The van der Waals surface area contributed by atoms with Gasteiger partial charge in [-0.25, -0.2) is 0 Å². The third-order valence-electron chi connectivity index (χ3n) is 5.59. The number of hydrogen-bond acceptors (Lipinski definition) is 2. The maximum atomic E-state index is 13.1. The van der Waals surface area contributed by atoms with Crippen LogP contribution in [-0.4, -0.2) is 30.5 Å². The number of halogens is 6. The van der Waals surface area contributed by atoms with Crippen molar-refractivity contribution < 1.29 is 31.4 Å². The van der Waals surface area contributed by atoms with Gasteiger partial charge in [-0.2, -0.15) is 26.3 Å². The van der Waals surface area contributed by atoms with Crippen molar-refractivity contribution in [2.24, 2.45) is 0 Å². The van der Waals surface area contributed by atoms with Gasteiger partial charge in [-0.3, -0.25) is 0 Å². The Balaban J connectivity index is 1.99. The van der Waals surface area contributed by atoms with Gasteiger partial charge in [0.15, 0.2) is 0 Å². The van der Waals surface area contributed by atoms with Crippen molar-refractivity contribution in [3.05, 3.63) is 71.3 Å². The summed E-state index contributed by atoms with van der Waals surface area (Å²) in [7, 11) is 0. The molecular weight excluding hydrogens is 384 g/mol. The van der Waals surface area contributed by atoms with Crippen LogP contribution in [0.5, 0.6) is 0 Å². The number of aliphatic hydroxyl groups is 1. The van der Waals surface area contributed by atoms with Crippen molar-refractivity contribution in [1.82, 2.24) is 5.32 Å². The summed E-state index contributed by atoms with van der Waals surface area (Å²) in [6, 6.07) is 13.4. The van der Waals surface area contributed by atoms with Gasteiger partial charge in [0.2, 0.25) is 0 Å². The Morgan fingerprint density at radius 1 is 0.893 bits per heavy atom. The van der Waals surface area contributed by atoms with Crippen LogP contribution in [-0.2, 0) is 11.0 Å². The smallest absolute Gasteiger partial charge is 0.369 e. The Morgan fingerprint density at radius 3 is 1.93 bits per heavy atom. The molecule has 2 aromatic carbocycles. The van der Waals surface area contributed by atoms with E-state index in [2.05, 4.69) is 5.32 Å². The fraction of sp³-hybridized carbons (Fsp3) is 0.400. The Labute approximate surface area is 158 Å². The van der Waals surface area contributed by atoms with E-state index >= 15 is 0 Å². The molecule has 1 fully saturated rings. The van der Waals surface area contributed by atoms with E-state index in [1.165, 1.54) is 12.1 Å². The second-order valence-corrected chi connectivity index (χ2v) is 7.29. The number of benzene rings is 2. The maximum absolute atomic E-state index is 13.1. The molecule has 2 nitrogen and oxygen atoms in total. The molecule has 0 unspecified atom stereocenters. The van der Waals surface area contributed by atoms with Gasteiger partial charge in [-0.1, -0.05) is 61.5 Å². The van der Waals surface area contributed by atoms with Crippen LogP contribution in [0.15, 0.2) is 54.6 Å². The first-order valence-electron chi connectivity index (χ1n) is 8.64. The van der Waals surface area contributed by atoms with Crippen LogP contribution in [0.25, 0.3) is 0 Å². The zero-order valence-electron chi connectivity index (χ0n) is 14.9. The zero-order chi connectivity index (χ0) is 20.8. The van der Waals surface area contributed by atoms with Gasteiger partial charge < -0.3 is 10.4 Å². The lowest BCUT2D eigenvalue weighted by Crippen LogP contribution is -2.53. The highest BCUT2D eigenvalue weighted by Gasteiger charge is 2.71. The molecule has 1 aliphatic heterocycles. The van der Waals surface area contributed by atoms with Crippen LogP contribution in [0.2, 0.25) is 0 Å². The van der Waals surface area contributed by atoms with E-state index in [-0.39, 0.29) is 11.3 Å². The van der Waals surface area contributed by atoms with Gasteiger partial charge >= 0.3 is 12.4 Å². The zero-order valence-corrected chi connectivity index (χ0v) is 14.9. The van der Waals surface area contributed by atoms with Crippen molar-refractivity contribution in [2.45, 2.75) is 36.2 Å². The summed E-state index contributed by atoms with van der Waals surface area (Å²) in [5.41, 5.74) is -4.89. The van der Waals surface area contributed by atoms with Gasteiger partial charge in [-0.15, -0.1) is 0 Å². The van der Waals surface area contributed by atoms with Crippen LogP contribution in [0, 0.1) is 0 Å². The summed E-state index contributed by atoms with van der Waals surface area (Å²) in [5, 5.41) is 12.8. The normalized spacial score (nSPS) is 23.8. The predicted octanol–water partition coefficient (Wildman–Crippen LogP) is 4.64. The molecule has 0 bridgehead atoms. The SMILES string of the molecule is C[C@@]1(c2ccccc2)CNC[C@@H]1c1ccc(C(O)(C(F)(F)F)C(F)(F)F)cc1. The van der Waals surface area contributed by atoms with E-state index < -0.39 is 23.5 Å². The maximum Gasteiger partial charge on any atom is 0.430 e. The molecule has 0 spiro atoms. The quantitative estimate of drug-likeness (QED) is 0.732. The van der Waals surface area contributed by atoms with Crippen molar-refractivity contribution in [2.75, 3.05) is 13.1 Å². The fourth-order valence-corrected chi connectivity index (χ4v) is 3.88.